The Morgan fingerprint density at radius 1 is 0.947 bits per heavy atom. The zero-order valence-electron chi connectivity index (χ0n) is 9.96. The fourth-order valence-electron chi connectivity index (χ4n) is 1.82. The summed E-state index contributed by atoms with van der Waals surface area (Å²) < 4.78 is 53.5. The molecule has 0 aliphatic carbocycles. The lowest BCUT2D eigenvalue weighted by molar-refractivity contribution is -0.274. The Hall–Kier alpha value is -2.04. The van der Waals surface area contributed by atoms with Crippen LogP contribution >= 0.6 is 0 Å². The van der Waals surface area contributed by atoms with Gasteiger partial charge in [0, 0.05) is 5.56 Å². The maximum absolute atomic E-state index is 13.7. The molecular weight excluding hydrogens is 260 g/mol. The molecule has 2 aromatic rings. The largest absolute Gasteiger partial charge is 0.573 e. The van der Waals surface area contributed by atoms with Crippen molar-refractivity contribution in [2.75, 3.05) is 0 Å². The first kappa shape index (κ1) is 13.4. The first-order valence-corrected chi connectivity index (χ1v) is 5.48. The molecule has 2 rings (SSSR count). The minimum Gasteiger partial charge on any atom is -0.406 e. The van der Waals surface area contributed by atoms with Crippen LogP contribution in [0.1, 0.15) is 5.56 Å². The fourth-order valence-corrected chi connectivity index (χ4v) is 1.82. The molecule has 0 aliphatic rings. The van der Waals surface area contributed by atoms with Gasteiger partial charge in [-0.1, -0.05) is 24.3 Å². The standard InChI is InChI=1S/C14H10F4O/c1-9-3-2-4-12(15)13(9)10-5-7-11(8-6-10)19-14(16,17)18/h2-8H,1H3. The molecule has 0 saturated carbocycles. The van der Waals surface area contributed by atoms with Crippen molar-refractivity contribution in [3.8, 4) is 16.9 Å². The molecule has 0 heterocycles. The molecule has 0 N–H and O–H groups in total. The van der Waals surface area contributed by atoms with E-state index in [-0.39, 0.29) is 5.75 Å². The van der Waals surface area contributed by atoms with E-state index in [0.717, 1.165) is 12.1 Å². The molecule has 2 aromatic carbocycles. The maximum Gasteiger partial charge on any atom is 0.573 e. The van der Waals surface area contributed by atoms with E-state index >= 15 is 0 Å². The van der Waals surface area contributed by atoms with E-state index in [2.05, 4.69) is 4.74 Å². The average Bonchev–Trinajstić information content (AvgIpc) is 2.29. The van der Waals surface area contributed by atoms with E-state index in [1.807, 2.05) is 0 Å². The van der Waals surface area contributed by atoms with Gasteiger partial charge in [-0.25, -0.2) is 4.39 Å². The SMILES string of the molecule is Cc1cccc(F)c1-c1ccc(OC(F)(F)F)cc1. The van der Waals surface area contributed by atoms with Gasteiger partial charge in [-0.2, -0.15) is 0 Å². The van der Waals surface area contributed by atoms with Crippen LogP contribution in [0.25, 0.3) is 11.1 Å². The van der Waals surface area contributed by atoms with Crippen LogP contribution in [-0.4, -0.2) is 6.36 Å². The predicted molar refractivity (Wildman–Crippen MR) is 63.3 cm³/mol. The summed E-state index contributed by atoms with van der Waals surface area (Å²) in [5.74, 6) is -0.741. The summed E-state index contributed by atoms with van der Waals surface area (Å²) in [6.45, 7) is 1.73. The van der Waals surface area contributed by atoms with Gasteiger partial charge in [0.15, 0.2) is 0 Å². The summed E-state index contributed by atoms with van der Waals surface area (Å²) in [4.78, 5) is 0. The lowest BCUT2D eigenvalue weighted by Crippen LogP contribution is -2.16. The van der Waals surface area contributed by atoms with Crippen molar-refractivity contribution in [2.24, 2.45) is 0 Å². The zero-order chi connectivity index (χ0) is 14.0. The maximum atomic E-state index is 13.7. The second-order valence-electron chi connectivity index (χ2n) is 4.00. The second-order valence-corrected chi connectivity index (χ2v) is 4.00. The van der Waals surface area contributed by atoms with Crippen molar-refractivity contribution in [1.82, 2.24) is 0 Å². The van der Waals surface area contributed by atoms with Crippen molar-refractivity contribution in [1.29, 1.82) is 0 Å². The summed E-state index contributed by atoms with van der Waals surface area (Å²) in [6, 6.07) is 9.73. The first-order valence-electron chi connectivity index (χ1n) is 5.48. The van der Waals surface area contributed by atoms with Crippen LogP contribution in [-0.2, 0) is 0 Å². The van der Waals surface area contributed by atoms with E-state index in [0.29, 0.717) is 16.7 Å². The second kappa shape index (κ2) is 4.91. The number of benzene rings is 2. The number of hydrogen-bond acceptors (Lipinski definition) is 1. The summed E-state index contributed by atoms with van der Waals surface area (Å²) >= 11 is 0. The van der Waals surface area contributed by atoms with Crippen LogP contribution < -0.4 is 4.74 Å². The van der Waals surface area contributed by atoms with Crippen LogP contribution in [0.5, 0.6) is 5.75 Å². The van der Waals surface area contributed by atoms with Crippen LogP contribution in [0.15, 0.2) is 42.5 Å². The summed E-state index contributed by atoms with van der Waals surface area (Å²) in [5.41, 5.74) is 1.59. The number of alkyl halides is 3. The highest BCUT2D eigenvalue weighted by Crippen LogP contribution is 2.29. The first-order chi connectivity index (χ1) is 8.87. The summed E-state index contributed by atoms with van der Waals surface area (Å²) in [7, 11) is 0. The highest BCUT2D eigenvalue weighted by Gasteiger charge is 2.31. The lowest BCUT2D eigenvalue weighted by atomic mass is 10.00. The Kier molecular flexibility index (Phi) is 3.46. The predicted octanol–water partition coefficient (Wildman–Crippen LogP) is 4.70. The van der Waals surface area contributed by atoms with Crippen LogP contribution in [0.2, 0.25) is 0 Å². The lowest BCUT2D eigenvalue weighted by Gasteiger charge is -2.11. The Morgan fingerprint density at radius 2 is 1.58 bits per heavy atom. The Morgan fingerprint density at radius 3 is 2.11 bits per heavy atom. The monoisotopic (exact) mass is 270 g/mol. The number of halogens is 4. The molecule has 0 bridgehead atoms. The van der Waals surface area contributed by atoms with E-state index < -0.39 is 12.2 Å². The highest BCUT2D eigenvalue weighted by molar-refractivity contribution is 5.68. The molecule has 0 aromatic heterocycles. The highest BCUT2D eigenvalue weighted by atomic mass is 19.4. The molecule has 5 heteroatoms. The number of rotatable bonds is 2. The van der Waals surface area contributed by atoms with Gasteiger partial charge in [0.05, 0.1) is 0 Å². The molecule has 0 spiro atoms. The molecule has 0 atom stereocenters. The third kappa shape index (κ3) is 3.24. The normalized spacial score (nSPS) is 11.4. The van der Waals surface area contributed by atoms with Gasteiger partial charge in [-0.3, -0.25) is 0 Å². The van der Waals surface area contributed by atoms with Crippen LogP contribution in [0, 0.1) is 12.7 Å². The van der Waals surface area contributed by atoms with Gasteiger partial charge in [0.25, 0.3) is 0 Å². The van der Waals surface area contributed by atoms with Gasteiger partial charge >= 0.3 is 6.36 Å². The third-order valence-electron chi connectivity index (χ3n) is 2.60. The molecule has 19 heavy (non-hydrogen) atoms. The molecular formula is C14H10F4O. The minimum absolute atomic E-state index is 0.328. The van der Waals surface area contributed by atoms with Crippen molar-refractivity contribution in [2.45, 2.75) is 13.3 Å². The Labute approximate surface area is 107 Å². The number of aryl methyl sites for hydroxylation is 1. The topological polar surface area (TPSA) is 9.23 Å². The van der Waals surface area contributed by atoms with Gasteiger partial charge in [0.2, 0.25) is 0 Å². The van der Waals surface area contributed by atoms with Crippen LogP contribution in [0.4, 0.5) is 17.6 Å². The smallest absolute Gasteiger partial charge is 0.406 e. The third-order valence-corrected chi connectivity index (χ3v) is 2.60. The summed E-state index contributed by atoms with van der Waals surface area (Å²) in [5, 5.41) is 0. The molecule has 1 nitrogen and oxygen atoms in total. The molecule has 100 valence electrons. The Balaban J connectivity index is 2.33. The zero-order valence-corrected chi connectivity index (χ0v) is 9.96. The average molecular weight is 270 g/mol. The van der Waals surface area contributed by atoms with E-state index in [1.54, 1.807) is 19.1 Å². The molecule has 0 fully saturated rings. The van der Waals surface area contributed by atoms with E-state index in [1.165, 1.54) is 18.2 Å². The number of hydrogen-bond donors (Lipinski definition) is 0. The minimum atomic E-state index is -4.73. The quantitative estimate of drug-likeness (QED) is 0.719. The molecule has 0 saturated heterocycles. The van der Waals surface area contributed by atoms with Gasteiger partial charge in [-0.05, 0) is 36.2 Å². The molecule has 0 unspecified atom stereocenters. The Bertz CT molecular complexity index is 553. The van der Waals surface area contributed by atoms with E-state index in [4.69, 9.17) is 0 Å². The molecule has 0 aliphatic heterocycles. The summed E-state index contributed by atoms with van der Waals surface area (Å²) in [6.07, 6.45) is -4.73. The van der Waals surface area contributed by atoms with Crippen molar-refractivity contribution in [3.63, 3.8) is 0 Å². The van der Waals surface area contributed by atoms with Gasteiger partial charge < -0.3 is 4.74 Å². The van der Waals surface area contributed by atoms with Crippen LogP contribution in [0.3, 0.4) is 0 Å². The number of ether oxygens (including phenoxy) is 1. The van der Waals surface area contributed by atoms with Gasteiger partial charge in [0.1, 0.15) is 11.6 Å². The van der Waals surface area contributed by atoms with Crippen molar-refractivity contribution in [3.05, 3.63) is 53.8 Å². The van der Waals surface area contributed by atoms with Crippen molar-refractivity contribution < 1.29 is 22.3 Å². The molecule has 0 amide bonds. The van der Waals surface area contributed by atoms with E-state index in [9.17, 15) is 17.6 Å². The van der Waals surface area contributed by atoms with Gasteiger partial charge in [-0.15, -0.1) is 13.2 Å². The molecule has 0 radical (unpaired) electrons. The van der Waals surface area contributed by atoms with Crippen molar-refractivity contribution >= 4 is 0 Å². The fraction of sp³-hybridized carbons (Fsp3) is 0.143.